The molecule has 0 radical (unpaired) electrons. The van der Waals surface area contributed by atoms with E-state index in [1.807, 2.05) is 27.1 Å². The molecule has 102 valence electrons. The van der Waals surface area contributed by atoms with Crippen LogP contribution in [-0.4, -0.2) is 15.7 Å². The largest absolute Gasteiger partial charge is 0.467 e. The Kier molecular flexibility index (Phi) is 3.71. The van der Waals surface area contributed by atoms with Crippen molar-refractivity contribution in [3.05, 3.63) is 41.1 Å². The van der Waals surface area contributed by atoms with Crippen LogP contribution in [0.1, 0.15) is 40.3 Å². The molecule has 1 unspecified atom stereocenters. The van der Waals surface area contributed by atoms with Crippen LogP contribution >= 0.6 is 0 Å². The summed E-state index contributed by atoms with van der Waals surface area (Å²) < 4.78 is 6.88. The van der Waals surface area contributed by atoms with Gasteiger partial charge in [-0.15, -0.1) is 0 Å². The second kappa shape index (κ2) is 5.27. The fourth-order valence-electron chi connectivity index (χ4n) is 2.01. The summed E-state index contributed by atoms with van der Waals surface area (Å²) in [6.45, 7) is 4.12. The van der Waals surface area contributed by atoms with Crippen molar-refractivity contribution in [1.29, 1.82) is 0 Å². The molecular weight excluding hydrogens is 244 g/mol. The van der Waals surface area contributed by atoms with Gasteiger partial charge in [-0.2, -0.15) is 5.10 Å². The van der Waals surface area contributed by atoms with Crippen LogP contribution in [-0.2, 0) is 13.6 Å². The molecule has 6 nitrogen and oxygen atoms in total. The lowest BCUT2D eigenvalue weighted by molar-refractivity contribution is 0.0939. The lowest BCUT2D eigenvalue weighted by Crippen LogP contribution is -2.26. The van der Waals surface area contributed by atoms with Crippen LogP contribution in [0.3, 0.4) is 0 Å². The number of hydrogen-bond acceptors (Lipinski definition) is 4. The summed E-state index contributed by atoms with van der Waals surface area (Å²) in [6.07, 6.45) is 3.32. The first-order valence-corrected chi connectivity index (χ1v) is 6.09. The summed E-state index contributed by atoms with van der Waals surface area (Å²) >= 11 is 0. The first-order valence-electron chi connectivity index (χ1n) is 6.09. The molecule has 2 heterocycles. The summed E-state index contributed by atoms with van der Waals surface area (Å²) in [6, 6.07) is 1.54. The SMILES string of the molecule is Cc1nn(C)cc1C(C)NC(=O)c1coc(CN)c1. The van der Waals surface area contributed by atoms with Crippen molar-refractivity contribution in [2.75, 3.05) is 0 Å². The van der Waals surface area contributed by atoms with Crippen molar-refractivity contribution in [3.8, 4) is 0 Å². The zero-order valence-electron chi connectivity index (χ0n) is 11.3. The Bertz CT molecular complexity index is 585. The fourth-order valence-corrected chi connectivity index (χ4v) is 2.01. The normalized spacial score (nSPS) is 12.4. The zero-order chi connectivity index (χ0) is 14.0. The highest BCUT2D eigenvalue weighted by molar-refractivity contribution is 5.94. The Morgan fingerprint density at radius 1 is 1.63 bits per heavy atom. The summed E-state index contributed by atoms with van der Waals surface area (Å²) in [4.78, 5) is 12.0. The molecule has 3 N–H and O–H groups in total. The summed E-state index contributed by atoms with van der Waals surface area (Å²) in [5, 5.41) is 7.17. The van der Waals surface area contributed by atoms with E-state index >= 15 is 0 Å². The van der Waals surface area contributed by atoms with Crippen molar-refractivity contribution < 1.29 is 9.21 Å². The highest BCUT2D eigenvalue weighted by Gasteiger charge is 2.16. The second-order valence-corrected chi connectivity index (χ2v) is 4.54. The number of furan rings is 1. The van der Waals surface area contributed by atoms with Crippen molar-refractivity contribution in [2.45, 2.75) is 26.4 Å². The predicted octanol–water partition coefficient (Wildman–Crippen LogP) is 1.27. The maximum absolute atomic E-state index is 12.0. The molecule has 6 heteroatoms. The molecule has 1 atom stereocenters. The number of rotatable bonds is 4. The van der Waals surface area contributed by atoms with Crippen molar-refractivity contribution in [3.63, 3.8) is 0 Å². The number of carbonyl (C=O) groups excluding carboxylic acids is 1. The zero-order valence-corrected chi connectivity index (χ0v) is 11.3. The van der Waals surface area contributed by atoms with Crippen LogP contribution < -0.4 is 11.1 Å². The molecule has 0 saturated heterocycles. The van der Waals surface area contributed by atoms with Gasteiger partial charge in [-0.1, -0.05) is 0 Å². The quantitative estimate of drug-likeness (QED) is 0.868. The molecule has 2 rings (SSSR count). The van der Waals surface area contributed by atoms with Gasteiger partial charge in [0.1, 0.15) is 12.0 Å². The van der Waals surface area contributed by atoms with Gasteiger partial charge >= 0.3 is 0 Å². The highest BCUT2D eigenvalue weighted by atomic mass is 16.3. The fraction of sp³-hybridized carbons (Fsp3) is 0.385. The van der Waals surface area contributed by atoms with E-state index in [9.17, 15) is 4.79 Å². The van der Waals surface area contributed by atoms with E-state index in [2.05, 4.69) is 10.4 Å². The third kappa shape index (κ3) is 2.85. The molecule has 0 saturated carbocycles. The molecule has 0 spiro atoms. The van der Waals surface area contributed by atoms with E-state index in [0.717, 1.165) is 11.3 Å². The van der Waals surface area contributed by atoms with Gasteiger partial charge in [-0.05, 0) is 19.9 Å². The van der Waals surface area contributed by atoms with E-state index in [4.69, 9.17) is 10.2 Å². The van der Waals surface area contributed by atoms with Gasteiger partial charge in [0.15, 0.2) is 0 Å². The second-order valence-electron chi connectivity index (χ2n) is 4.54. The molecule has 2 aromatic rings. The van der Waals surface area contributed by atoms with E-state index in [1.165, 1.54) is 6.26 Å². The van der Waals surface area contributed by atoms with Crippen LogP contribution in [0.25, 0.3) is 0 Å². The minimum Gasteiger partial charge on any atom is -0.467 e. The first kappa shape index (κ1) is 13.4. The van der Waals surface area contributed by atoms with Crippen LogP contribution in [0.15, 0.2) is 22.9 Å². The molecule has 0 aliphatic carbocycles. The Hall–Kier alpha value is -2.08. The van der Waals surface area contributed by atoms with Crippen LogP contribution in [0.2, 0.25) is 0 Å². The van der Waals surface area contributed by atoms with Gasteiger partial charge in [0.2, 0.25) is 0 Å². The first-order chi connectivity index (χ1) is 9.01. The molecule has 0 aliphatic heterocycles. The average Bonchev–Trinajstić information content (AvgIpc) is 2.95. The van der Waals surface area contributed by atoms with Crippen LogP contribution in [0.4, 0.5) is 0 Å². The summed E-state index contributed by atoms with van der Waals surface area (Å²) in [5.41, 5.74) is 7.83. The van der Waals surface area contributed by atoms with Crippen LogP contribution in [0, 0.1) is 6.92 Å². The number of aromatic nitrogens is 2. The maximum Gasteiger partial charge on any atom is 0.255 e. The molecule has 0 fully saturated rings. The van der Waals surface area contributed by atoms with Crippen molar-refractivity contribution in [2.24, 2.45) is 12.8 Å². The Balaban J connectivity index is 2.08. The molecule has 0 aliphatic rings. The minimum absolute atomic E-state index is 0.113. The third-order valence-electron chi connectivity index (χ3n) is 2.98. The van der Waals surface area contributed by atoms with Gasteiger partial charge in [0, 0.05) is 18.8 Å². The lowest BCUT2D eigenvalue weighted by Gasteiger charge is -2.12. The molecule has 2 aromatic heterocycles. The van der Waals surface area contributed by atoms with E-state index in [0.29, 0.717) is 11.3 Å². The summed E-state index contributed by atoms with van der Waals surface area (Å²) in [5.74, 6) is 0.412. The number of nitrogens with one attached hydrogen (secondary N) is 1. The van der Waals surface area contributed by atoms with Gasteiger partial charge in [-0.25, -0.2) is 0 Å². The van der Waals surface area contributed by atoms with Crippen LogP contribution in [0.5, 0.6) is 0 Å². The Morgan fingerprint density at radius 2 is 2.37 bits per heavy atom. The monoisotopic (exact) mass is 262 g/mol. The van der Waals surface area contributed by atoms with Gasteiger partial charge in [0.05, 0.1) is 23.8 Å². The molecule has 1 amide bonds. The molecular formula is C13H18N4O2. The van der Waals surface area contributed by atoms with Gasteiger partial charge in [-0.3, -0.25) is 9.48 Å². The lowest BCUT2D eigenvalue weighted by atomic mass is 10.1. The standard InChI is InChI=1S/C13H18N4O2/c1-8(12-6-17(3)16-9(12)2)15-13(18)10-4-11(5-14)19-7-10/h4,6-8H,5,14H2,1-3H3,(H,15,18). The number of carbonyl (C=O) groups is 1. The molecule has 0 aromatic carbocycles. The summed E-state index contributed by atoms with van der Waals surface area (Å²) in [7, 11) is 1.86. The van der Waals surface area contributed by atoms with Crippen molar-refractivity contribution >= 4 is 5.91 Å². The number of nitrogens with zero attached hydrogens (tertiary/aromatic N) is 2. The number of amides is 1. The van der Waals surface area contributed by atoms with E-state index in [1.54, 1.807) is 10.7 Å². The number of aryl methyl sites for hydroxylation is 2. The smallest absolute Gasteiger partial charge is 0.255 e. The third-order valence-corrected chi connectivity index (χ3v) is 2.98. The maximum atomic E-state index is 12.0. The number of nitrogens with two attached hydrogens (primary N) is 1. The molecule has 19 heavy (non-hydrogen) atoms. The Labute approximate surface area is 111 Å². The number of hydrogen-bond donors (Lipinski definition) is 2. The molecule has 0 bridgehead atoms. The minimum atomic E-state index is -0.181. The van der Waals surface area contributed by atoms with E-state index < -0.39 is 0 Å². The Morgan fingerprint density at radius 3 is 2.89 bits per heavy atom. The van der Waals surface area contributed by atoms with Gasteiger partial charge in [0.25, 0.3) is 5.91 Å². The van der Waals surface area contributed by atoms with Gasteiger partial charge < -0.3 is 15.5 Å². The highest BCUT2D eigenvalue weighted by Crippen LogP contribution is 2.16. The predicted molar refractivity (Wildman–Crippen MR) is 70.4 cm³/mol. The topological polar surface area (TPSA) is 86.1 Å². The van der Waals surface area contributed by atoms with E-state index in [-0.39, 0.29) is 18.5 Å². The average molecular weight is 262 g/mol. The van der Waals surface area contributed by atoms with Crippen molar-refractivity contribution in [1.82, 2.24) is 15.1 Å².